The lowest BCUT2D eigenvalue weighted by Crippen LogP contribution is -2.25. The number of para-hydroxylation sites is 1. The SMILES string of the molecule is C=C(CN1CCCC1)Oc1ccccc1/N=N/c1ccc(NC(=O)CNC)nc1N. The number of nitrogen functional groups attached to an aromatic ring is 1. The summed E-state index contributed by atoms with van der Waals surface area (Å²) in [6, 6.07) is 10.6. The Morgan fingerprint density at radius 1 is 1.20 bits per heavy atom. The number of nitrogens with one attached hydrogen (secondary N) is 2. The molecule has 0 aliphatic carbocycles. The number of nitrogens with two attached hydrogens (primary N) is 1. The summed E-state index contributed by atoms with van der Waals surface area (Å²) in [4.78, 5) is 18.1. The van der Waals surface area contributed by atoms with Crippen molar-refractivity contribution in [1.82, 2.24) is 15.2 Å². The zero-order chi connectivity index (χ0) is 21.3. The first kappa shape index (κ1) is 21.4. The Morgan fingerprint density at radius 2 is 1.93 bits per heavy atom. The highest BCUT2D eigenvalue weighted by Crippen LogP contribution is 2.31. The van der Waals surface area contributed by atoms with Gasteiger partial charge >= 0.3 is 0 Å². The second-order valence-corrected chi connectivity index (χ2v) is 6.97. The normalized spacial score (nSPS) is 14.2. The number of anilines is 2. The zero-order valence-corrected chi connectivity index (χ0v) is 17.1. The third-order valence-corrected chi connectivity index (χ3v) is 4.49. The highest BCUT2D eigenvalue weighted by molar-refractivity contribution is 5.91. The van der Waals surface area contributed by atoms with Crippen molar-refractivity contribution in [3.05, 3.63) is 48.7 Å². The number of hydrogen-bond acceptors (Lipinski definition) is 8. The van der Waals surface area contributed by atoms with Crippen LogP contribution in [0.2, 0.25) is 0 Å². The number of rotatable bonds is 9. The van der Waals surface area contributed by atoms with Gasteiger partial charge in [0.05, 0.1) is 13.1 Å². The Labute approximate surface area is 176 Å². The van der Waals surface area contributed by atoms with Gasteiger partial charge in [-0.25, -0.2) is 4.98 Å². The summed E-state index contributed by atoms with van der Waals surface area (Å²) in [6.07, 6.45) is 2.43. The van der Waals surface area contributed by atoms with E-state index in [1.54, 1.807) is 25.2 Å². The van der Waals surface area contributed by atoms with Crippen molar-refractivity contribution in [2.24, 2.45) is 10.2 Å². The summed E-state index contributed by atoms with van der Waals surface area (Å²) in [7, 11) is 1.69. The lowest BCUT2D eigenvalue weighted by molar-refractivity contribution is -0.115. The van der Waals surface area contributed by atoms with E-state index < -0.39 is 0 Å². The van der Waals surface area contributed by atoms with Crippen LogP contribution in [0.3, 0.4) is 0 Å². The summed E-state index contributed by atoms with van der Waals surface area (Å²) >= 11 is 0. The van der Waals surface area contributed by atoms with E-state index in [2.05, 4.69) is 37.3 Å². The Bertz CT molecular complexity index is 923. The average molecular weight is 409 g/mol. The standard InChI is InChI=1S/C21H27N7O2/c1-15(14-28-11-5-6-12-28)30-18-8-4-3-7-16(18)26-27-17-9-10-19(25-21(17)22)24-20(29)13-23-2/h3-4,7-10,23H,1,5-6,11-14H2,2H3,(H3,22,24,25,29)/b27-26+. The molecule has 3 rings (SSSR count). The molecule has 2 aromatic rings. The summed E-state index contributed by atoms with van der Waals surface area (Å²) in [5.74, 6) is 1.56. The fourth-order valence-corrected chi connectivity index (χ4v) is 3.08. The van der Waals surface area contributed by atoms with E-state index in [9.17, 15) is 4.79 Å². The van der Waals surface area contributed by atoms with Crippen LogP contribution in [0.4, 0.5) is 23.0 Å². The molecule has 1 aromatic carbocycles. The molecule has 0 bridgehead atoms. The molecule has 158 valence electrons. The molecule has 0 spiro atoms. The van der Waals surface area contributed by atoms with Crippen molar-refractivity contribution >= 4 is 28.9 Å². The minimum atomic E-state index is -0.209. The number of amides is 1. The molecule has 0 atom stereocenters. The van der Waals surface area contributed by atoms with E-state index in [1.807, 2.05) is 18.2 Å². The molecule has 0 saturated carbocycles. The molecule has 1 aromatic heterocycles. The van der Waals surface area contributed by atoms with E-state index in [-0.39, 0.29) is 18.3 Å². The molecule has 1 amide bonds. The number of azo groups is 1. The molecule has 9 heteroatoms. The summed E-state index contributed by atoms with van der Waals surface area (Å²) in [5.41, 5.74) is 6.92. The maximum atomic E-state index is 11.6. The molecule has 9 nitrogen and oxygen atoms in total. The predicted molar refractivity (Wildman–Crippen MR) is 117 cm³/mol. The third-order valence-electron chi connectivity index (χ3n) is 4.49. The molecule has 0 unspecified atom stereocenters. The van der Waals surface area contributed by atoms with Crippen molar-refractivity contribution in [3.63, 3.8) is 0 Å². The highest BCUT2D eigenvalue weighted by atomic mass is 16.5. The average Bonchev–Trinajstić information content (AvgIpc) is 3.21. The first-order valence-electron chi connectivity index (χ1n) is 9.85. The Kier molecular flexibility index (Phi) is 7.47. The Morgan fingerprint density at radius 3 is 2.67 bits per heavy atom. The number of likely N-dealkylation sites (tertiary alicyclic amines) is 1. The Hall–Kier alpha value is -3.30. The first-order valence-corrected chi connectivity index (χ1v) is 9.85. The predicted octanol–water partition coefficient (Wildman–Crippen LogP) is 3.23. The van der Waals surface area contributed by atoms with Gasteiger partial charge < -0.3 is 21.1 Å². The van der Waals surface area contributed by atoms with Gasteiger partial charge in [0, 0.05) is 0 Å². The van der Waals surface area contributed by atoms with Crippen LogP contribution in [-0.2, 0) is 4.79 Å². The van der Waals surface area contributed by atoms with Crippen LogP contribution in [0, 0.1) is 0 Å². The maximum Gasteiger partial charge on any atom is 0.239 e. The van der Waals surface area contributed by atoms with E-state index in [1.165, 1.54) is 12.8 Å². The molecule has 1 aliphatic rings. The lowest BCUT2D eigenvalue weighted by Gasteiger charge is -2.17. The quantitative estimate of drug-likeness (QED) is 0.432. The van der Waals surface area contributed by atoms with Crippen molar-refractivity contribution in [1.29, 1.82) is 0 Å². The van der Waals surface area contributed by atoms with Gasteiger partial charge in [-0.15, -0.1) is 10.2 Å². The zero-order valence-electron chi connectivity index (χ0n) is 17.1. The van der Waals surface area contributed by atoms with Gasteiger partial charge in [-0.05, 0) is 57.2 Å². The minimum absolute atomic E-state index is 0.165. The van der Waals surface area contributed by atoms with E-state index in [4.69, 9.17) is 10.5 Å². The number of hydrogen-bond donors (Lipinski definition) is 3. The smallest absolute Gasteiger partial charge is 0.239 e. The molecule has 1 aliphatic heterocycles. The first-order chi connectivity index (χ1) is 14.5. The van der Waals surface area contributed by atoms with Gasteiger partial charge in [0.15, 0.2) is 11.6 Å². The van der Waals surface area contributed by atoms with Crippen molar-refractivity contribution < 1.29 is 9.53 Å². The maximum absolute atomic E-state index is 11.6. The number of ether oxygens (including phenoxy) is 1. The fourth-order valence-electron chi connectivity index (χ4n) is 3.08. The number of benzene rings is 1. The van der Waals surface area contributed by atoms with Gasteiger partial charge in [-0.1, -0.05) is 18.7 Å². The number of pyridine rings is 1. The lowest BCUT2D eigenvalue weighted by atomic mass is 10.3. The van der Waals surface area contributed by atoms with Crippen molar-refractivity contribution in [3.8, 4) is 5.75 Å². The van der Waals surface area contributed by atoms with Crippen molar-refractivity contribution in [2.75, 3.05) is 44.3 Å². The highest BCUT2D eigenvalue weighted by Gasteiger charge is 2.14. The van der Waals surface area contributed by atoms with Crippen LogP contribution in [0.1, 0.15) is 12.8 Å². The van der Waals surface area contributed by atoms with Gasteiger partial charge in [0.2, 0.25) is 5.91 Å². The fraction of sp³-hybridized carbons (Fsp3) is 0.333. The second-order valence-electron chi connectivity index (χ2n) is 6.97. The van der Waals surface area contributed by atoms with E-state index in [0.29, 0.717) is 35.2 Å². The summed E-state index contributed by atoms with van der Waals surface area (Å²) < 4.78 is 5.92. The van der Waals surface area contributed by atoms with Gasteiger partial charge in [-0.3, -0.25) is 9.69 Å². The molecule has 1 fully saturated rings. The van der Waals surface area contributed by atoms with Crippen LogP contribution < -0.4 is 21.1 Å². The number of carbonyl (C=O) groups is 1. The molecule has 4 N–H and O–H groups in total. The van der Waals surface area contributed by atoms with Crippen LogP contribution in [-0.4, -0.2) is 49.0 Å². The molecular weight excluding hydrogens is 382 g/mol. The largest absolute Gasteiger partial charge is 0.459 e. The van der Waals surface area contributed by atoms with Crippen molar-refractivity contribution in [2.45, 2.75) is 12.8 Å². The summed E-state index contributed by atoms with van der Waals surface area (Å²) in [6.45, 7) is 7.05. The third kappa shape index (κ3) is 6.10. The summed E-state index contributed by atoms with van der Waals surface area (Å²) in [5, 5.41) is 13.9. The van der Waals surface area contributed by atoms with Crippen LogP contribution in [0.5, 0.6) is 5.75 Å². The molecule has 30 heavy (non-hydrogen) atoms. The van der Waals surface area contributed by atoms with E-state index in [0.717, 1.165) is 13.1 Å². The number of carbonyl (C=O) groups excluding carboxylic acids is 1. The van der Waals surface area contributed by atoms with Gasteiger partial charge in [0.25, 0.3) is 0 Å². The molecule has 1 saturated heterocycles. The monoisotopic (exact) mass is 409 g/mol. The Balaban J connectivity index is 1.67. The van der Waals surface area contributed by atoms with Crippen LogP contribution in [0.25, 0.3) is 0 Å². The second kappa shape index (κ2) is 10.5. The number of aromatic nitrogens is 1. The van der Waals surface area contributed by atoms with Gasteiger partial charge in [0.1, 0.15) is 23.0 Å². The van der Waals surface area contributed by atoms with E-state index >= 15 is 0 Å². The van der Waals surface area contributed by atoms with Crippen LogP contribution >= 0.6 is 0 Å². The number of likely N-dealkylation sites (N-methyl/N-ethyl adjacent to an activating group) is 1. The number of nitrogens with zero attached hydrogens (tertiary/aromatic N) is 4. The van der Waals surface area contributed by atoms with Crippen LogP contribution in [0.15, 0.2) is 59.0 Å². The molecular formula is C21H27N7O2. The topological polar surface area (TPSA) is 117 Å². The molecule has 0 radical (unpaired) electrons. The molecule has 2 heterocycles. The van der Waals surface area contributed by atoms with Gasteiger partial charge in [-0.2, -0.15) is 0 Å². The minimum Gasteiger partial charge on any atom is -0.459 e.